The SMILES string of the molecule is COC(=O)Cn1c2[n+](c3ccccc31)CC(O)CS2.[Br-]. The molecule has 3 rings (SSSR count). The average Bonchev–Trinajstić information content (AvgIpc) is 2.73. The van der Waals surface area contributed by atoms with E-state index in [4.69, 9.17) is 4.74 Å². The number of fused-ring (bicyclic) bond motifs is 3. The average molecular weight is 359 g/mol. The number of rotatable bonds is 2. The first-order valence-corrected chi connectivity index (χ1v) is 7.08. The molecule has 2 aromatic rings. The third-order valence-electron chi connectivity index (χ3n) is 3.24. The summed E-state index contributed by atoms with van der Waals surface area (Å²) in [5.41, 5.74) is 2.03. The molecular formula is C13H15BrN2O3S. The maximum atomic E-state index is 11.6. The van der Waals surface area contributed by atoms with Gasteiger partial charge < -0.3 is 26.8 Å². The maximum absolute atomic E-state index is 11.6. The minimum absolute atomic E-state index is 0. The largest absolute Gasteiger partial charge is 1.00 e. The molecule has 5 nitrogen and oxygen atoms in total. The van der Waals surface area contributed by atoms with Crippen molar-refractivity contribution in [3.63, 3.8) is 0 Å². The van der Waals surface area contributed by atoms with Gasteiger partial charge >= 0.3 is 11.1 Å². The van der Waals surface area contributed by atoms with E-state index < -0.39 is 0 Å². The van der Waals surface area contributed by atoms with E-state index in [0.29, 0.717) is 12.3 Å². The van der Waals surface area contributed by atoms with Crippen molar-refractivity contribution in [2.75, 3.05) is 12.9 Å². The smallest absolute Gasteiger partial charge is 0.348 e. The van der Waals surface area contributed by atoms with Crippen LogP contribution in [0.3, 0.4) is 0 Å². The van der Waals surface area contributed by atoms with E-state index >= 15 is 0 Å². The molecular weight excluding hydrogens is 344 g/mol. The van der Waals surface area contributed by atoms with Crippen molar-refractivity contribution in [3.05, 3.63) is 24.3 Å². The second-order valence-electron chi connectivity index (χ2n) is 4.51. The fourth-order valence-electron chi connectivity index (χ4n) is 2.39. The predicted molar refractivity (Wildman–Crippen MR) is 70.9 cm³/mol. The number of nitrogens with zero attached hydrogens (tertiary/aromatic N) is 2. The summed E-state index contributed by atoms with van der Waals surface area (Å²) in [5.74, 6) is 0.383. The van der Waals surface area contributed by atoms with Crippen LogP contribution < -0.4 is 21.5 Å². The first-order chi connectivity index (χ1) is 9.20. The summed E-state index contributed by atoms with van der Waals surface area (Å²) >= 11 is 1.57. The number of hydrogen-bond donors (Lipinski definition) is 1. The van der Waals surface area contributed by atoms with Crippen LogP contribution in [0, 0.1) is 0 Å². The van der Waals surface area contributed by atoms with Crippen molar-refractivity contribution in [1.29, 1.82) is 0 Å². The van der Waals surface area contributed by atoms with Crippen molar-refractivity contribution < 1.29 is 36.2 Å². The highest BCUT2D eigenvalue weighted by molar-refractivity contribution is 7.99. The lowest BCUT2D eigenvalue weighted by atomic mass is 10.3. The highest BCUT2D eigenvalue weighted by Gasteiger charge is 2.32. The van der Waals surface area contributed by atoms with Gasteiger partial charge in [-0.3, -0.25) is 0 Å². The fourth-order valence-corrected chi connectivity index (χ4v) is 3.48. The quantitative estimate of drug-likeness (QED) is 0.479. The van der Waals surface area contributed by atoms with Crippen LogP contribution in [-0.4, -0.2) is 34.6 Å². The molecule has 0 fully saturated rings. The molecule has 1 aliphatic rings. The van der Waals surface area contributed by atoms with E-state index in [1.165, 1.54) is 7.11 Å². The standard InChI is InChI=1S/C13H15N2O3S.BrH/c1-18-12(17)7-15-11-5-3-2-4-10(11)14-6-9(16)8-19-13(14)15;/h2-5,9,16H,6-8H2,1H3;1H/q+1;/p-1. The van der Waals surface area contributed by atoms with Gasteiger partial charge in [0.1, 0.15) is 12.6 Å². The third kappa shape index (κ3) is 2.57. The molecule has 1 atom stereocenters. The van der Waals surface area contributed by atoms with Crippen LogP contribution in [0.4, 0.5) is 0 Å². The number of para-hydroxylation sites is 2. The summed E-state index contributed by atoms with van der Waals surface area (Å²) in [6.45, 7) is 0.763. The van der Waals surface area contributed by atoms with Gasteiger partial charge in [-0.25, -0.2) is 13.9 Å². The number of imidazole rings is 1. The van der Waals surface area contributed by atoms with E-state index in [-0.39, 0.29) is 35.6 Å². The first kappa shape index (κ1) is 15.3. The summed E-state index contributed by atoms with van der Waals surface area (Å²) in [4.78, 5) is 11.6. The molecule has 2 heterocycles. The highest BCUT2D eigenvalue weighted by Crippen LogP contribution is 2.26. The van der Waals surface area contributed by atoms with Crippen molar-refractivity contribution in [2.24, 2.45) is 0 Å². The Hall–Kier alpha value is -1.05. The summed E-state index contributed by atoms with van der Waals surface area (Å²) < 4.78 is 8.78. The Labute approximate surface area is 131 Å². The zero-order valence-electron chi connectivity index (χ0n) is 11.0. The van der Waals surface area contributed by atoms with Gasteiger partial charge in [0.25, 0.3) is 0 Å². The third-order valence-corrected chi connectivity index (χ3v) is 4.49. The number of methoxy groups -OCH3 is 1. The van der Waals surface area contributed by atoms with Gasteiger partial charge in [-0.2, -0.15) is 0 Å². The molecule has 0 saturated carbocycles. The second-order valence-corrected chi connectivity index (χ2v) is 5.50. The zero-order valence-corrected chi connectivity index (χ0v) is 13.4. The molecule has 0 spiro atoms. The summed E-state index contributed by atoms with van der Waals surface area (Å²) in [7, 11) is 1.39. The topological polar surface area (TPSA) is 55.3 Å². The van der Waals surface area contributed by atoms with Gasteiger partial charge in [0.05, 0.1) is 7.11 Å². The number of aromatic nitrogens is 2. The van der Waals surface area contributed by atoms with Gasteiger partial charge in [-0.1, -0.05) is 12.1 Å². The molecule has 7 heteroatoms. The molecule has 1 aromatic carbocycles. The van der Waals surface area contributed by atoms with E-state index in [2.05, 4.69) is 4.57 Å². The molecule has 0 bridgehead atoms. The van der Waals surface area contributed by atoms with Crippen LogP contribution >= 0.6 is 11.8 Å². The number of carbonyl (C=O) groups is 1. The minimum Gasteiger partial charge on any atom is -1.00 e. The van der Waals surface area contributed by atoms with Crippen LogP contribution in [0.2, 0.25) is 0 Å². The number of benzene rings is 1. The Kier molecular flexibility index (Phi) is 4.72. The van der Waals surface area contributed by atoms with Gasteiger partial charge in [0, 0.05) is 5.75 Å². The number of hydrogen-bond acceptors (Lipinski definition) is 4. The van der Waals surface area contributed by atoms with Gasteiger partial charge in [-0.15, -0.1) is 0 Å². The molecule has 108 valence electrons. The van der Waals surface area contributed by atoms with Gasteiger partial charge in [0.15, 0.2) is 17.6 Å². The molecule has 20 heavy (non-hydrogen) atoms. The van der Waals surface area contributed by atoms with Gasteiger partial charge in [-0.05, 0) is 23.9 Å². The summed E-state index contributed by atoms with van der Waals surface area (Å²) in [5, 5.41) is 10.8. The van der Waals surface area contributed by atoms with Crippen LogP contribution in [0.1, 0.15) is 0 Å². The lowest BCUT2D eigenvalue weighted by Crippen LogP contribution is -3.00. The molecule has 1 unspecified atom stereocenters. The molecule has 0 aliphatic carbocycles. The minimum atomic E-state index is -0.347. The Bertz CT molecular complexity index is 644. The summed E-state index contributed by atoms with van der Waals surface area (Å²) in [6, 6.07) is 7.90. The van der Waals surface area contributed by atoms with Crippen molar-refractivity contribution in [3.8, 4) is 0 Å². The monoisotopic (exact) mass is 358 g/mol. The van der Waals surface area contributed by atoms with Crippen molar-refractivity contribution in [2.45, 2.75) is 24.3 Å². The van der Waals surface area contributed by atoms with Crippen LogP contribution in [-0.2, 0) is 22.6 Å². The van der Waals surface area contributed by atoms with Crippen molar-refractivity contribution in [1.82, 2.24) is 4.57 Å². The van der Waals surface area contributed by atoms with Crippen LogP contribution in [0.5, 0.6) is 0 Å². The summed E-state index contributed by atoms with van der Waals surface area (Å²) in [6.07, 6.45) is -0.347. The lowest BCUT2D eigenvalue weighted by Gasteiger charge is -2.14. The number of aliphatic hydroxyl groups is 1. The Morgan fingerprint density at radius 1 is 1.55 bits per heavy atom. The molecule has 1 N–H and O–H groups in total. The Morgan fingerprint density at radius 2 is 2.30 bits per heavy atom. The lowest BCUT2D eigenvalue weighted by molar-refractivity contribution is -0.717. The van der Waals surface area contributed by atoms with Crippen LogP contribution in [0.15, 0.2) is 29.4 Å². The Balaban J connectivity index is 0.00000147. The molecule has 1 aromatic heterocycles. The predicted octanol–water partition coefficient (Wildman–Crippen LogP) is -2.43. The van der Waals surface area contributed by atoms with Crippen molar-refractivity contribution >= 4 is 28.8 Å². The number of carbonyl (C=O) groups excluding carboxylic acids is 1. The van der Waals surface area contributed by atoms with E-state index in [0.717, 1.165) is 16.2 Å². The normalized spacial score (nSPS) is 17.4. The number of esters is 1. The first-order valence-electron chi connectivity index (χ1n) is 6.09. The van der Waals surface area contributed by atoms with E-state index in [9.17, 15) is 9.90 Å². The van der Waals surface area contributed by atoms with Crippen LogP contribution in [0.25, 0.3) is 11.0 Å². The number of thioether (sulfide) groups is 1. The number of ether oxygens (including phenoxy) is 1. The Morgan fingerprint density at radius 3 is 3.05 bits per heavy atom. The van der Waals surface area contributed by atoms with Gasteiger partial charge in [0.2, 0.25) is 0 Å². The zero-order chi connectivity index (χ0) is 13.4. The molecule has 0 amide bonds. The highest BCUT2D eigenvalue weighted by atomic mass is 79.9. The number of halogens is 1. The fraction of sp³-hybridized carbons (Fsp3) is 0.385. The molecule has 0 saturated heterocycles. The second kappa shape index (κ2) is 6.15. The van der Waals surface area contributed by atoms with E-state index in [1.54, 1.807) is 11.8 Å². The molecule has 1 aliphatic heterocycles. The number of aliphatic hydroxyl groups excluding tert-OH is 1. The maximum Gasteiger partial charge on any atom is 0.348 e. The molecule has 0 radical (unpaired) electrons. The van der Waals surface area contributed by atoms with E-state index in [1.807, 2.05) is 28.8 Å².